The van der Waals surface area contributed by atoms with Crippen LogP contribution in [0.2, 0.25) is 5.02 Å². The van der Waals surface area contributed by atoms with E-state index in [2.05, 4.69) is 0 Å². The standard InChI is InChI=1S/C11H5ClF4O2/c1-4-6-2-5(13)3-7(12)9(6)18-8(4)10(17)11(14,15)16/h2-3H,1H3. The van der Waals surface area contributed by atoms with Gasteiger partial charge in [-0.2, -0.15) is 13.2 Å². The molecular formula is C11H5ClF4O2. The summed E-state index contributed by atoms with van der Waals surface area (Å²) in [6, 6.07) is 1.86. The van der Waals surface area contributed by atoms with Crippen molar-refractivity contribution < 1.29 is 26.8 Å². The van der Waals surface area contributed by atoms with Gasteiger partial charge in [-0.25, -0.2) is 4.39 Å². The van der Waals surface area contributed by atoms with Gasteiger partial charge < -0.3 is 4.42 Å². The third kappa shape index (κ3) is 1.96. The minimum Gasteiger partial charge on any atom is -0.451 e. The van der Waals surface area contributed by atoms with Crippen LogP contribution in [0.5, 0.6) is 0 Å². The topological polar surface area (TPSA) is 30.2 Å². The third-order valence-corrected chi connectivity index (χ3v) is 2.70. The number of alkyl halides is 3. The van der Waals surface area contributed by atoms with Crippen molar-refractivity contribution in [3.05, 3.63) is 34.3 Å². The first-order chi connectivity index (χ1) is 8.21. The number of ketones is 1. The van der Waals surface area contributed by atoms with Crippen LogP contribution in [0.1, 0.15) is 16.1 Å². The molecule has 1 heterocycles. The Labute approximate surface area is 103 Å². The molecule has 1 aromatic heterocycles. The van der Waals surface area contributed by atoms with Crippen molar-refractivity contribution in [1.82, 2.24) is 0 Å². The summed E-state index contributed by atoms with van der Waals surface area (Å²) in [7, 11) is 0. The van der Waals surface area contributed by atoms with Crippen LogP contribution < -0.4 is 0 Å². The summed E-state index contributed by atoms with van der Waals surface area (Å²) in [4.78, 5) is 11.1. The van der Waals surface area contributed by atoms with Crippen LogP contribution >= 0.6 is 11.6 Å². The second-order valence-electron chi connectivity index (χ2n) is 3.65. The molecule has 0 bridgehead atoms. The average molecular weight is 281 g/mol. The molecule has 2 nitrogen and oxygen atoms in total. The Bertz CT molecular complexity index is 643. The largest absolute Gasteiger partial charge is 0.458 e. The molecule has 0 unspecified atom stereocenters. The summed E-state index contributed by atoms with van der Waals surface area (Å²) in [6.45, 7) is 1.24. The van der Waals surface area contributed by atoms with Gasteiger partial charge >= 0.3 is 12.0 Å². The highest BCUT2D eigenvalue weighted by atomic mass is 35.5. The first-order valence-electron chi connectivity index (χ1n) is 4.71. The molecule has 18 heavy (non-hydrogen) atoms. The molecule has 0 fully saturated rings. The van der Waals surface area contributed by atoms with Crippen molar-refractivity contribution in [2.75, 3.05) is 0 Å². The Morgan fingerprint density at radius 3 is 2.50 bits per heavy atom. The van der Waals surface area contributed by atoms with Gasteiger partial charge in [-0.05, 0) is 19.1 Å². The summed E-state index contributed by atoms with van der Waals surface area (Å²) in [5.41, 5.74) is -0.225. The van der Waals surface area contributed by atoms with Crippen LogP contribution in [0.3, 0.4) is 0 Å². The monoisotopic (exact) mass is 280 g/mol. The molecule has 0 atom stereocenters. The van der Waals surface area contributed by atoms with Crippen LogP contribution in [0, 0.1) is 12.7 Å². The van der Waals surface area contributed by atoms with Gasteiger partial charge in [0, 0.05) is 10.9 Å². The van der Waals surface area contributed by atoms with Crippen LogP contribution in [-0.4, -0.2) is 12.0 Å². The first-order valence-corrected chi connectivity index (χ1v) is 5.09. The Balaban J connectivity index is 2.72. The number of Topliss-reactive ketones (excluding diaryl/α,β-unsaturated/α-hetero) is 1. The molecule has 0 saturated carbocycles. The van der Waals surface area contributed by atoms with Gasteiger partial charge in [0.15, 0.2) is 11.3 Å². The maximum absolute atomic E-state index is 13.1. The van der Waals surface area contributed by atoms with E-state index in [9.17, 15) is 22.4 Å². The van der Waals surface area contributed by atoms with Crippen molar-refractivity contribution in [2.45, 2.75) is 13.1 Å². The van der Waals surface area contributed by atoms with Crippen LogP contribution in [0.25, 0.3) is 11.0 Å². The van der Waals surface area contributed by atoms with Gasteiger partial charge in [0.05, 0.1) is 5.02 Å². The fourth-order valence-electron chi connectivity index (χ4n) is 1.59. The zero-order chi connectivity index (χ0) is 13.7. The van der Waals surface area contributed by atoms with Gasteiger partial charge in [0.2, 0.25) is 0 Å². The molecule has 0 amide bonds. The van der Waals surface area contributed by atoms with E-state index in [4.69, 9.17) is 16.0 Å². The molecule has 7 heteroatoms. The lowest BCUT2D eigenvalue weighted by Crippen LogP contribution is -2.22. The van der Waals surface area contributed by atoms with Crippen LogP contribution in [0.15, 0.2) is 16.5 Å². The van der Waals surface area contributed by atoms with E-state index in [-0.39, 0.29) is 21.6 Å². The maximum Gasteiger partial charge on any atom is 0.458 e. The maximum atomic E-state index is 13.1. The number of furan rings is 1. The highest BCUT2D eigenvalue weighted by Crippen LogP contribution is 2.34. The number of rotatable bonds is 1. The Hall–Kier alpha value is -1.56. The quantitative estimate of drug-likeness (QED) is 0.576. The van der Waals surface area contributed by atoms with E-state index in [1.54, 1.807) is 0 Å². The number of fused-ring (bicyclic) bond motifs is 1. The Morgan fingerprint density at radius 2 is 1.94 bits per heavy atom. The van der Waals surface area contributed by atoms with Gasteiger partial charge in [0.1, 0.15) is 5.82 Å². The van der Waals surface area contributed by atoms with E-state index in [0.717, 1.165) is 12.1 Å². The number of aryl methyl sites for hydroxylation is 1. The predicted molar refractivity (Wildman–Crippen MR) is 56.3 cm³/mol. The SMILES string of the molecule is Cc1c(C(=O)C(F)(F)F)oc2c(Cl)cc(F)cc12. The Morgan fingerprint density at radius 1 is 1.33 bits per heavy atom. The summed E-state index contributed by atoms with van der Waals surface area (Å²) in [5.74, 6) is -3.71. The molecule has 0 radical (unpaired) electrons. The summed E-state index contributed by atoms with van der Waals surface area (Å²) < 4.78 is 54.8. The zero-order valence-corrected chi connectivity index (χ0v) is 9.62. The van der Waals surface area contributed by atoms with Gasteiger partial charge in [-0.15, -0.1) is 0 Å². The lowest BCUT2D eigenvalue weighted by atomic mass is 10.1. The predicted octanol–water partition coefficient (Wildman–Crippen LogP) is 4.28. The van der Waals surface area contributed by atoms with Crippen LogP contribution in [0.4, 0.5) is 17.6 Å². The van der Waals surface area contributed by atoms with E-state index >= 15 is 0 Å². The van der Waals surface area contributed by atoms with Gasteiger partial charge in [-0.3, -0.25) is 4.79 Å². The highest BCUT2D eigenvalue weighted by Gasteiger charge is 2.42. The highest BCUT2D eigenvalue weighted by molar-refractivity contribution is 6.35. The lowest BCUT2D eigenvalue weighted by Gasteiger charge is -2.02. The molecule has 0 saturated heterocycles. The lowest BCUT2D eigenvalue weighted by molar-refractivity contribution is -0.0899. The fourth-order valence-corrected chi connectivity index (χ4v) is 1.83. The summed E-state index contributed by atoms with van der Waals surface area (Å²) in [6.07, 6.45) is -5.05. The van der Waals surface area contributed by atoms with Gasteiger partial charge in [0.25, 0.3) is 0 Å². The summed E-state index contributed by atoms with van der Waals surface area (Å²) in [5, 5.41) is -0.137. The number of hydrogen-bond acceptors (Lipinski definition) is 2. The van der Waals surface area contributed by atoms with Crippen molar-refractivity contribution >= 4 is 28.4 Å². The van der Waals surface area contributed by atoms with E-state index in [0.29, 0.717) is 0 Å². The molecule has 96 valence electrons. The second-order valence-corrected chi connectivity index (χ2v) is 4.05. The van der Waals surface area contributed by atoms with Crippen molar-refractivity contribution in [3.8, 4) is 0 Å². The van der Waals surface area contributed by atoms with E-state index in [1.165, 1.54) is 6.92 Å². The number of hydrogen-bond donors (Lipinski definition) is 0. The van der Waals surface area contributed by atoms with Gasteiger partial charge in [-0.1, -0.05) is 11.6 Å². The van der Waals surface area contributed by atoms with Crippen LogP contribution in [-0.2, 0) is 0 Å². The molecule has 0 aliphatic heterocycles. The normalized spacial score (nSPS) is 12.1. The Kier molecular flexibility index (Phi) is 2.85. The smallest absolute Gasteiger partial charge is 0.451 e. The zero-order valence-electron chi connectivity index (χ0n) is 8.86. The molecule has 2 rings (SSSR count). The minimum atomic E-state index is -5.05. The summed E-state index contributed by atoms with van der Waals surface area (Å²) >= 11 is 5.64. The van der Waals surface area contributed by atoms with E-state index in [1.807, 2.05) is 0 Å². The molecular weight excluding hydrogens is 276 g/mol. The second kappa shape index (κ2) is 3.98. The molecule has 0 aliphatic carbocycles. The molecule has 0 N–H and O–H groups in total. The van der Waals surface area contributed by atoms with Crippen molar-refractivity contribution in [2.24, 2.45) is 0 Å². The van der Waals surface area contributed by atoms with Crippen molar-refractivity contribution in [3.63, 3.8) is 0 Å². The molecule has 2 aromatic rings. The number of carbonyl (C=O) groups is 1. The molecule has 1 aromatic carbocycles. The number of halogens is 5. The number of carbonyl (C=O) groups excluding carboxylic acids is 1. The first kappa shape index (κ1) is 12.9. The van der Waals surface area contributed by atoms with Crippen molar-refractivity contribution in [1.29, 1.82) is 0 Å². The van der Waals surface area contributed by atoms with E-state index < -0.39 is 23.5 Å². The number of benzene rings is 1. The molecule has 0 aliphatic rings. The third-order valence-electron chi connectivity index (χ3n) is 2.42. The molecule has 0 spiro atoms. The fraction of sp³-hybridized carbons (Fsp3) is 0.182. The average Bonchev–Trinajstić information content (AvgIpc) is 2.54. The minimum absolute atomic E-state index is 0.0487.